The van der Waals surface area contributed by atoms with Crippen LogP contribution in [0.15, 0.2) is 16.8 Å². The number of ketones is 1. The van der Waals surface area contributed by atoms with E-state index in [0.29, 0.717) is 35.3 Å². The molecule has 1 saturated carbocycles. The third-order valence-corrected chi connectivity index (χ3v) is 8.57. The lowest BCUT2D eigenvalue weighted by Crippen LogP contribution is -2.41. The minimum Gasteiger partial charge on any atom is -0.473 e. The van der Waals surface area contributed by atoms with E-state index in [0.717, 1.165) is 62.7 Å². The van der Waals surface area contributed by atoms with Gasteiger partial charge in [-0.25, -0.2) is 4.98 Å². The van der Waals surface area contributed by atoms with Gasteiger partial charge in [-0.1, -0.05) is 11.6 Å². The second-order valence-corrected chi connectivity index (χ2v) is 11.0. The van der Waals surface area contributed by atoms with Crippen molar-refractivity contribution in [2.45, 2.75) is 82.0 Å². The number of carbonyl (C=O) groups is 1. The van der Waals surface area contributed by atoms with Crippen molar-refractivity contribution in [2.24, 2.45) is 7.05 Å². The molecule has 2 fully saturated rings. The van der Waals surface area contributed by atoms with E-state index in [1.807, 2.05) is 0 Å². The van der Waals surface area contributed by atoms with Gasteiger partial charge in [0.1, 0.15) is 29.0 Å². The molecule has 1 saturated heterocycles. The number of methoxy groups -OCH3 is 1. The molecule has 3 aromatic heterocycles. The highest BCUT2D eigenvalue weighted by molar-refractivity contribution is 5.91. The van der Waals surface area contributed by atoms with Crippen LogP contribution in [0.1, 0.15) is 63.1 Å². The summed E-state index contributed by atoms with van der Waals surface area (Å²) in [6, 6.07) is 1.98. The van der Waals surface area contributed by atoms with Gasteiger partial charge in [0.15, 0.2) is 0 Å². The average molecular weight is 522 g/mol. The fraction of sp³-hybridized carbons (Fsp3) is 0.630. The molecule has 1 spiro atoms. The predicted octanol–water partition coefficient (Wildman–Crippen LogP) is 3.13. The van der Waals surface area contributed by atoms with Crippen molar-refractivity contribution in [1.82, 2.24) is 35.0 Å². The Labute approximate surface area is 221 Å². The number of ether oxygens (including phenoxy) is 2. The molecule has 4 atom stereocenters. The maximum atomic E-state index is 13.1. The summed E-state index contributed by atoms with van der Waals surface area (Å²) >= 11 is 0. The first-order valence-electron chi connectivity index (χ1n) is 13.6. The topological polar surface area (TPSA) is 121 Å². The van der Waals surface area contributed by atoms with E-state index >= 15 is 0 Å². The molecule has 202 valence electrons. The van der Waals surface area contributed by atoms with Crippen LogP contribution < -0.4 is 4.74 Å². The third kappa shape index (κ3) is 4.31. The van der Waals surface area contributed by atoms with Crippen molar-refractivity contribution in [1.29, 1.82) is 0 Å². The van der Waals surface area contributed by atoms with Crippen molar-refractivity contribution in [3.05, 3.63) is 23.5 Å². The number of hydrogen-bond acceptors (Lipinski definition) is 10. The number of nitrogens with zero attached hydrogens (tertiary/aromatic N) is 7. The van der Waals surface area contributed by atoms with Crippen LogP contribution >= 0.6 is 0 Å². The first-order chi connectivity index (χ1) is 18.4. The highest BCUT2D eigenvalue weighted by Gasteiger charge is 2.48. The Hall–Kier alpha value is -3.18. The second-order valence-electron chi connectivity index (χ2n) is 11.0. The van der Waals surface area contributed by atoms with Crippen molar-refractivity contribution in [3.63, 3.8) is 0 Å². The normalized spacial score (nSPS) is 26.6. The maximum absolute atomic E-state index is 13.1. The van der Waals surface area contributed by atoms with Crippen LogP contribution in [0.3, 0.4) is 0 Å². The Morgan fingerprint density at radius 2 is 1.97 bits per heavy atom. The van der Waals surface area contributed by atoms with Crippen molar-refractivity contribution >= 4 is 5.78 Å². The summed E-state index contributed by atoms with van der Waals surface area (Å²) in [6.07, 6.45) is 8.52. The molecule has 11 nitrogen and oxygen atoms in total. The molecule has 3 aromatic rings. The monoisotopic (exact) mass is 521 g/mol. The lowest BCUT2D eigenvalue weighted by atomic mass is 9.64. The number of aromatic nitrogens is 6. The van der Waals surface area contributed by atoms with Crippen LogP contribution in [0.4, 0.5) is 0 Å². The number of carbonyl (C=O) groups excluding carboxylic acids is 1. The van der Waals surface area contributed by atoms with Crippen molar-refractivity contribution < 1.29 is 18.8 Å². The summed E-state index contributed by atoms with van der Waals surface area (Å²) in [4.78, 5) is 26.5. The SMILES string of the molecule is CO[C@@H]1C[C@@H]([C@H](C)Oc2cc(-c3cnn(C)n3)nc(-c3onc4c3CCC[C@@]43CCCCC3=O)n2)N(C)C1. The molecule has 3 aliphatic rings. The molecule has 11 heteroatoms. The second kappa shape index (κ2) is 9.85. The fourth-order valence-corrected chi connectivity index (χ4v) is 6.54. The van der Waals surface area contributed by atoms with Gasteiger partial charge >= 0.3 is 0 Å². The Morgan fingerprint density at radius 3 is 2.71 bits per heavy atom. The largest absolute Gasteiger partial charge is 0.473 e. The molecule has 0 aromatic carbocycles. The molecule has 0 amide bonds. The lowest BCUT2D eigenvalue weighted by molar-refractivity contribution is -0.127. The Morgan fingerprint density at radius 1 is 1.13 bits per heavy atom. The molecule has 38 heavy (non-hydrogen) atoms. The van der Waals surface area contributed by atoms with Gasteiger partial charge in [0.25, 0.3) is 0 Å². The van der Waals surface area contributed by atoms with Crippen molar-refractivity contribution in [3.8, 4) is 28.9 Å². The van der Waals surface area contributed by atoms with Gasteiger partial charge in [-0.2, -0.15) is 20.0 Å². The van der Waals surface area contributed by atoms with E-state index in [2.05, 4.69) is 34.2 Å². The van der Waals surface area contributed by atoms with E-state index in [9.17, 15) is 4.79 Å². The zero-order chi connectivity index (χ0) is 26.4. The number of fused-ring (bicyclic) bond motifs is 2. The van der Waals surface area contributed by atoms with E-state index in [1.54, 1.807) is 26.4 Å². The Balaban J connectivity index is 1.38. The van der Waals surface area contributed by atoms with Crippen LogP contribution in [-0.4, -0.2) is 79.8 Å². The van der Waals surface area contributed by atoms with Gasteiger partial charge in [-0.3, -0.25) is 9.69 Å². The van der Waals surface area contributed by atoms with E-state index in [1.165, 1.54) is 4.80 Å². The number of aryl methyl sites for hydroxylation is 1. The molecule has 0 bridgehead atoms. The molecule has 6 rings (SSSR count). The third-order valence-electron chi connectivity index (χ3n) is 8.57. The lowest BCUT2D eigenvalue weighted by Gasteiger charge is -2.37. The van der Waals surface area contributed by atoms with E-state index in [4.69, 9.17) is 24.0 Å². The number of Topliss-reactive ketones (excluding diaryl/α,β-unsaturated/α-hetero) is 1. The smallest absolute Gasteiger partial charge is 0.217 e. The fourth-order valence-electron chi connectivity index (χ4n) is 6.54. The van der Waals surface area contributed by atoms with E-state index < -0.39 is 5.41 Å². The Kier molecular flexibility index (Phi) is 6.51. The summed E-state index contributed by atoms with van der Waals surface area (Å²) in [5.41, 5.74) is 2.39. The summed E-state index contributed by atoms with van der Waals surface area (Å²) in [5, 5.41) is 13.1. The molecule has 0 radical (unpaired) electrons. The standard InChI is InChI=1S/C27H35N7O4/c1-16(21-12-17(36-4)15-33(21)2)37-23-13-19(20-14-28-34(3)31-20)29-26(30-23)24-18-8-7-11-27(25(18)32-38-24)10-6-5-9-22(27)35/h13-14,16-17,21H,5-12,15H2,1-4H3/t16-,17+,21-,27+/m0/s1. The highest BCUT2D eigenvalue weighted by Crippen LogP contribution is 2.47. The number of likely N-dealkylation sites (N-methyl/N-ethyl adjacent to an activating group) is 1. The summed E-state index contributed by atoms with van der Waals surface area (Å²) in [5.74, 6) is 1.62. The average Bonchev–Trinajstić information content (AvgIpc) is 3.64. The van der Waals surface area contributed by atoms with Gasteiger partial charge in [0, 0.05) is 44.8 Å². The molecule has 2 aliphatic carbocycles. The quantitative estimate of drug-likeness (QED) is 0.478. The van der Waals surface area contributed by atoms with Crippen molar-refractivity contribution in [2.75, 3.05) is 20.7 Å². The molecule has 0 N–H and O–H groups in total. The maximum Gasteiger partial charge on any atom is 0.217 e. The Bertz CT molecular complexity index is 1340. The van der Waals surface area contributed by atoms with Crippen LogP contribution in [0, 0.1) is 0 Å². The zero-order valence-electron chi connectivity index (χ0n) is 22.5. The van der Waals surface area contributed by atoms with Crippen LogP contribution in [0.25, 0.3) is 23.0 Å². The van der Waals surface area contributed by atoms with Gasteiger partial charge < -0.3 is 14.0 Å². The van der Waals surface area contributed by atoms with Crippen LogP contribution in [0.2, 0.25) is 0 Å². The van der Waals surface area contributed by atoms with Gasteiger partial charge in [-0.15, -0.1) is 0 Å². The van der Waals surface area contributed by atoms with E-state index in [-0.39, 0.29) is 24.0 Å². The first kappa shape index (κ1) is 25.1. The predicted molar refractivity (Wildman–Crippen MR) is 138 cm³/mol. The summed E-state index contributed by atoms with van der Waals surface area (Å²) in [6.45, 7) is 2.91. The number of hydrogen-bond donors (Lipinski definition) is 0. The first-order valence-corrected chi connectivity index (χ1v) is 13.6. The van der Waals surface area contributed by atoms with Gasteiger partial charge in [0.05, 0.1) is 17.7 Å². The number of rotatable bonds is 6. The highest BCUT2D eigenvalue weighted by atomic mass is 16.5. The summed E-state index contributed by atoms with van der Waals surface area (Å²) in [7, 11) is 5.60. The molecular formula is C27H35N7O4. The molecule has 1 aliphatic heterocycles. The summed E-state index contributed by atoms with van der Waals surface area (Å²) < 4.78 is 17.9. The van der Waals surface area contributed by atoms with Gasteiger partial charge in [0.2, 0.25) is 17.5 Å². The molecule has 0 unspecified atom stereocenters. The van der Waals surface area contributed by atoms with Gasteiger partial charge in [-0.05, 0) is 52.5 Å². The van der Waals surface area contributed by atoms with Crippen LogP contribution in [-0.2, 0) is 28.4 Å². The zero-order valence-corrected chi connectivity index (χ0v) is 22.5. The molecule has 4 heterocycles. The minimum atomic E-state index is -0.533. The minimum absolute atomic E-state index is 0.135. The van der Waals surface area contributed by atoms with Crippen LogP contribution in [0.5, 0.6) is 5.88 Å². The number of likely N-dealkylation sites (tertiary alicyclic amines) is 1. The molecular weight excluding hydrogens is 486 g/mol.